The first-order chi connectivity index (χ1) is 24.7. The number of halogens is 7. The van der Waals surface area contributed by atoms with Crippen LogP contribution in [0.15, 0.2) is 66.2 Å². The highest BCUT2D eigenvalue weighted by atomic mass is 35.6. The average Bonchev–Trinajstić information content (AvgIpc) is 3.94. The highest BCUT2D eigenvalue weighted by molar-refractivity contribution is 6.68. The third-order valence-corrected chi connectivity index (χ3v) is 11.5. The molecular formula is C38H38Cl4F3N3O4. The van der Waals surface area contributed by atoms with Crippen LogP contribution in [-0.4, -0.2) is 69.0 Å². The van der Waals surface area contributed by atoms with Gasteiger partial charge in [0, 0.05) is 36.3 Å². The van der Waals surface area contributed by atoms with Gasteiger partial charge in [-0.25, -0.2) is 13.6 Å². The number of amides is 2. The lowest BCUT2D eigenvalue weighted by Crippen LogP contribution is -2.64. The minimum atomic E-state index is -1.90. The number of carbonyl (C=O) groups is 2. The Morgan fingerprint density at radius 3 is 2.33 bits per heavy atom. The van der Waals surface area contributed by atoms with Gasteiger partial charge >= 0.3 is 6.09 Å². The summed E-state index contributed by atoms with van der Waals surface area (Å²) in [5, 5.41) is 3.95. The molecule has 14 heteroatoms. The first-order valence-electron chi connectivity index (χ1n) is 17.1. The van der Waals surface area contributed by atoms with E-state index in [2.05, 4.69) is 5.32 Å². The number of hydrogen-bond donors (Lipinski definition) is 1. The highest BCUT2D eigenvalue weighted by Crippen LogP contribution is 2.44. The minimum absolute atomic E-state index is 0.0226. The zero-order valence-electron chi connectivity index (χ0n) is 28.5. The van der Waals surface area contributed by atoms with Crippen molar-refractivity contribution in [3.05, 3.63) is 105 Å². The predicted molar refractivity (Wildman–Crippen MR) is 196 cm³/mol. The number of carbonyl (C=O) groups excluding carboxylic acids is 2. The Balaban J connectivity index is 1.29. The number of benzene rings is 3. The summed E-state index contributed by atoms with van der Waals surface area (Å²) >= 11 is 25.1. The molecule has 2 amide bonds. The van der Waals surface area contributed by atoms with Crippen LogP contribution in [0.5, 0.6) is 5.75 Å². The van der Waals surface area contributed by atoms with Gasteiger partial charge in [0.1, 0.15) is 0 Å². The van der Waals surface area contributed by atoms with E-state index in [1.807, 2.05) is 47.4 Å². The first kappa shape index (κ1) is 38.6. The second-order valence-corrected chi connectivity index (χ2v) is 16.5. The minimum Gasteiger partial charge on any atom is -0.488 e. The molecule has 0 radical (unpaired) electrons. The molecule has 52 heavy (non-hydrogen) atoms. The maximum absolute atomic E-state index is 14.9. The molecule has 2 fully saturated rings. The Morgan fingerprint density at radius 1 is 0.962 bits per heavy atom. The van der Waals surface area contributed by atoms with Gasteiger partial charge < -0.3 is 19.7 Å². The molecule has 1 aliphatic carbocycles. The monoisotopic (exact) mass is 797 g/mol. The van der Waals surface area contributed by atoms with Crippen LogP contribution in [0.25, 0.3) is 5.57 Å². The standard InChI is InChI=1S/C38H38Cl4F3N3O4/c1-37(2,38(40,41)42)52-36(50)48-26-18-27(23-11-9-22(10-12-23)6-5-17-51-34-30(44)16-15-29(43)33(34)45)32(31(48)20-46-19-26)35(49)47(25-13-14-25)21-24-7-3-4-8-28(24)39/h3-4,7-12,15-16,25-26,31,46H,5-6,13-14,17-21H2,1-2H3. The van der Waals surface area contributed by atoms with Crippen LogP contribution in [0.4, 0.5) is 18.0 Å². The first-order valence-corrected chi connectivity index (χ1v) is 18.6. The van der Waals surface area contributed by atoms with Crippen molar-refractivity contribution in [2.75, 3.05) is 19.7 Å². The van der Waals surface area contributed by atoms with Gasteiger partial charge in [-0.15, -0.1) is 0 Å². The second kappa shape index (κ2) is 15.7. The molecule has 1 saturated heterocycles. The lowest BCUT2D eigenvalue weighted by Gasteiger charge is -2.48. The number of rotatable bonds is 11. The number of alkyl halides is 3. The third-order valence-electron chi connectivity index (χ3n) is 9.72. The van der Waals surface area contributed by atoms with E-state index in [1.165, 1.54) is 13.8 Å². The summed E-state index contributed by atoms with van der Waals surface area (Å²) in [6.45, 7) is 4.09. The Hall–Kier alpha value is -3.15. The van der Waals surface area contributed by atoms with Crippen LogP contribution < -0.4 is 10.1 Å². The number of piperazine rings is 1. The van der Waals surface area contributed by atoms with Crippen molar-refractivity contribution < 1.29 is 32.2 Å². The lowest BCUT2D eigenvalue weighted by molar-refractivity contribution is -0.129. The quantitative estimate of drug-likeness (QED) is 0.119. The van der Waals surface area contributed by atoms with Crippen molar-refractivity contribution in [2.24, 2.45) is 0 Å². The second-order valence-electron chi connectivity index (χ2n) is 13.8. The fourth-order valence-corrected chi connectivity index (χ4v) is 6.94. The van der Waals surface area contributed by atoms with E-state index >= 15 is 0 Å². The van der Waals surface area contributed by atoms with Crippen LogP contribution in [-0.2, 0) is 22.5 Å². The zero-order valence-corrected chi connectivity index (χ0v) is 31.6. The molecule has 7 nitrogen and oxygen atoms in total. The summed E-state index contributed by atoms with van der Waals surface area (Å²) in [6.07, 6.45) is 2.31. The van der Waals surface area contributed by atoms with Gasteiger partial charge in [0.05, 0.1) is 18.7 Å². The van der Waals surface area contributed by atoms with Crippen LogP contribution in [0, 0.1) is 17.5 Å². The molecular weight excluding hydrogens is 761 g/mol. The van der Waals surface area contributed by atoms with E-state index in [0.29, 0.717) is 55.6 Å². The molecule has 0 spiro atoms. The van der Waals surface area contributed by atoms with Crippen molar-refractivity contribution >= 4 is 64.0 Å². The van der Waals surface area contributed by atoms with Crippen LogP contribution in [0.2, 0.25) is 5.02 Å². The molecule has 0 aromatic heterocycles. The van der Waals surface area contributed by atoms with Gasteiger partial charge in [0.15, 0.2) is 23.0 Å². The third kappa shape index (κ3) is 8.31. The van der Waals surface area contributed by atoms with E-state index in [9.17, 15) is 22.8 Å². The van der Waals surface area contributed by atoms with E-state index in [-0.39, 0.29) is 24.6 Å². The van der Waals surface area contributed by atoms with Crippen LogP contribution in [0.3, 0.4) is 0 Å². The topological polar surface area (TPSA) is 71.1 Å². The molecule has 2 heterocycles. The molecule has 3 aromatic rings. The molecule has 6 rings (SSSR count). The summed E-state index contributed by atoms with van der Waals surface area (Å²) in [7, 11) is 0. The van der Waals surface area contributed by atoms with Gasteiger partial charge in [0.2, 0.25) is 9.61 Å². The summed E-state index contributed by atoms with van der Waals surface area (Å²) in [5.41, 5.74) is 2.41. The summed E-state index contributed by atoms with van der Waals surface area (Å²) in [5.74, 6) is -4.44. The Bertz CT molecular complexity index is 1850. The van der Waals surface area contributed by atoms with Crippen molar-refractivity contribution in [1.29, 1.82) is 0 Å². The molecule has 3 aromatic carbocycles. The molecule has 2 atom stereocenters. The van der Waals surface area contributed by atoms with Gasteiger partial charge in [0.25, 0.3) is 5.91 Å². The molecule has 1 N–H and O–H groups in total. The number of ether oxygens (including phenoxy) is 2. The van der Waals surface area contributed by atoms with Gasteiger partial charge in [-0.1, -0.05) is 88.9 Å². The molecule has 2 aliphatic heterocycles. The van der Waals surface area contributed by atoms with E-state index < -0.39 is 44.7 Å². The molecule has 2 bridgehead atoms. The fourth-order valence-electron chi connectivity index (χ4n) is 6.63. The normalized spacial score (nSPS) is 19.1. The van der Waals surface area contributed by atoms with Crippen LogP contribution in [0.1, 0.15) is 56.2 Å². The maximum atomic E-state index is 14.9. The zero-order chi connectivity index (χ0) is 37.4. The average molecular weight is 800 g/mol. The Kier molecular flexibility index (Phi) is 11.6. The number of aryl methyl sites for hydroxylation is 1. The fraction of sp³-hybridized carbons (Fsp3) is 0.421. The summed E-state index contributed by atoms with van der Waals surface area (Å²) in [4.78, 5) is 32.2. The van der Waals surface area contributed by atoms with Crippen molar-refractivity contribution in [2.45, 2.75) is 80.0 Å². The number of fused-ring (bicyclic) bond motifs is 2. The van der Waals surface area contributed by atoms with Crippen molar-refractivity contribution in [3.63, 3.8) is 0 Å². The maximum Gasteiger partial charge on any atom is 0.411 e. The SMILES string of the molecule is CC(C)(OC(=O)N1C2CNCC1C(C(=O)N(Cc1ccccc1Cl)C1CC1)=C(c1ccc(CCCOc3c(F)ccc(F)c3F)cc1)C2)C(Cl)(Cl)Cl. The molecule has 1 saturated carbocycles. The smallest absolute Gasteiger partial charge is 0.411 e. The number of nitrogens with zero attached hydrogens (tertiary/aromatic N) is 2. The predicted octanol–water partition coefficient (Wildman–Crippen LogP) is 9.05. The summed E-state index contributed by atoms with van der Waals surface area (Å²) < 4.78 is 50.7. The summed E-state index contributed by atoms with van der Waals surface area (Å²) in [6, 6.07) is 15.7. The van der Waals surface area contributed by atoms with E-state index in [4.69, 9.17) is 55.9 Å². The van der Waals surface area contributed by atoms with E-state index in [1.54, 1.807) is 11.0 Å². The largest absolute Gasteiger partial charge is 0.488 e. The van der Waals surface area contributed by atoms with Crippen LogP contribution >= 0.6 is 46.4 Å². The molecule has 2 unspecified atom stereocenters. The van der Waals surface area contributed by atoms with Gasteiger partial charge in [-0.3, -0.25) is 9.69 Å². The number of hydrogen-bond acceptors (Lipinski definition) is 5. The lowest BCUT2D eigenvalue weighted by atomic mass is 9.81. The Morgan fingerprint density at radius 2 is 1.65 bits per heavy atom. The van der Waals surface area contributed by atoms with Gasteiger partial charge in [-0.05, 0) is 86.4 Å². The van der Waals surface area contributed by atoms with E-state index in [0.717, 1.165) is 41.2 Å². The van der Waals surface area contributed by atoms with Crippen molar-refractivity contribution in [1.82, 2.24) is 15.1 Å². The van der Waals surface area contributed by atoms with Crippen molar-refractivity contribution in [3.8, 4) is 5.75 Å². The molecule has 278 valence electrons. The number of nitrogens with one attached hydrogen (secondary N) is 1. The Labute approximate surface area is 320 Å². The molecule has 3 aliphatic rings. The highest BCUT2D eigenvalue weighted by Gasteiger charge is 2.50. The van der Waals surface area contributed by atoms with Gasteiger partial charge in [-0.2, -0.15) is 4.39 Å².